The quantitative estimate of drug-likeness (QED) is 0.617. The third kappa shape index (κ3) is 4.13. The van der Waals surface area contributed by atoms with Crippen molar-refractivity contribution in [2.75, 3.05) is 4.90 Å². The lowest BCUT2D eigenvalue weighted by atomic mass is 10.0. The second-order valence-electron chi connectivity index (χ2n) is 7.21. The van der Waals surface area contributed by atoms with Gasteiger partial charge in [0.15, 0.2) is 0 Å². The molecule has 0 saturated carbocycles. The van der Waals surface area contributed by atoms with E-state index in [4.69, 9.17) is 11.6 Å². The van der Waals surface area contributed by atoms with E-state index in [9.17, 15) is 9.59 Å². The van der Waals surface area contributed by atoms with Crippen LogP contribution in [0.1, 0.15) is 45.4 Å². The second-order valence-corrected chi connectivity index (χ2v) is 7.58. The summed E-state index contributed by atoms with van der Waals surface area (Å²) in [5.74, 6) is -0.349. The number of para-hydroxylation sites is 1. The molecule has 0 unspecified atom stereocenters. The van der Waals surface area contributed by atoms with Gasteiger partial charge in [-0.3, -0.25) is 9.59 Å². The molecule has 4 nitrogen and oxygen atoms in total. The highest BCUT2D eigenvalue weighted by molar-refractivity contribution is 6.31. The predicted octanol–water partition coefficient (Wildman–Crippen LogP) is 5.36. The molecule has 3 rings (SSSR count). The highest BCUT2D eigenvalue weighted by Gasteiger charge is 2.27. The van der Waals surface area contributed by atoms with Gasteiger partial charge in [0.05, 0.1) is 12.2 Å². The Morgan fingerprint density at radius 3 is 2.34 bits per heavy atom. The average Bonchev–Trinajstić information content (AvgIpc) is 2.71. The van der Waals surface area contributed by atoms with Crippen LogP contribution in [-0.2, 0) is 13.0 Å². The van der Waals surface area contributed by atoms with Crippen LogP contribution in [0.2, 0.25) is 5.02 Å². The number of nitrogens with one attached hydrogen (secondary N) is 1. The summed E-state index contributed by atoms with van der Waals surface area (Å²) in [5, 5.41) is 0.0547. The fourth-order valence-electron chi connectivity index (χ4n) is 3.65. The van der Waals surface area contributed by atoms with E-state index in [1.807, 2.05) is 55.5 Å². The van der Waals surface area contributed by atoms with E-state index in [1.54, 1.807) is 18.7 Å². The van der Waals surface area contributed by atoms with Crippen molar-refractivity contribution < 1.29 is 4.79 Å². The van der Waals surface area contributed by atoms with E-state index < -0.39 is 5.43 Å². The number of H-pyrrole nitrogens is 1. The van der Waals surface area contributed by atoms with Crippen LogP contribution >= 0.6 is 11.6 Å². The minimum atomic E-state index is -0.435. The summed E-state index contributed by atoms with van der Waals surface area (Å²) in [6, 6.07) is 15.8. The average molecular weight is 409 g/mol. The molecule has 0 radical (unpaired) electrons. The summed E-state index contributed by atoms with van der Waals surface area (Å²) in [5.41, 5.74) is 4.61. The molecule has 150 valence electrons. The molecule has 0 bridgehead atoms. The van der Waals surface area contributed by atoms with E-state index in [-0.39, 0.29) is 16.5 Å². The zero-order chi connectivity index (χ0) is 21.1. The van der Waals surface area contributed by atoms with E-state index in [0.717, 1.165) is 28.8 Å². The lowest BCUT2D eigenvalue weighted by Gasteiger charge is -2.27. The molecule has 0 aliphatic carbocycles. The molecule has 5 heteroatoms. The highest BCUT2D eigenvalue weighted by Crippen LogP contribution is 2.29. The maximum atomic E-state index is 13.7. The molecule has 0 aliphatic rings. The van der Waals surface area contributed by atoms with Crippen molar-refractivity contribution in [3.8, 4) is 0 Å². The van der Waals surface area contributed by atoms with Gasteiger partial charge in [-0.1, -0.05) is 67.1 Å². The van der Waals surface area contributed by atoms with Crippen LogP contribution in [0.15, 0.2) is 53.3 Å². The minimum absolute atomic E-state index is 0.0547. The zero-order valence-corrected chi connectivity index (χ0v) is 17.9. The monoisotopic (exact) mass is 408 g/mol. The Balaban J connectivity index is 2.21. The fourth-order valence-corrected chi connectivity index (χ4v) is 3.79. The van der Waals surface area contributed by atoms with Gasteiger partial charge in [0, 0.05) is 11.4 Å². The maximum absolute atomic E-state index is 13.7. The number of hydrogen-bond donors (Lipinski definition) is 1. The number of aryl methyl sites for hydroxylation is 4. The van der Waals surface area contributed by atoms with Crippen LogP contribution in [0, 0.1) is 20.8 Å². The molecule has 0 atom stereocenters. The summed E-state index contributed by atoms with van der Waals surface area (Å²) >= 11 is 6.19. The molecular weight excluding hydrogens is 384 g/mol. The lowest BCUT2D eigenvalue weighted by Crippen LogP contribution is -2.36. The number of rotatable bonds is 5. The van der Waals surface area contributed by atoms with Crippen molar-refractivity contribution in [3.63, 3.8) is 0 Å². The highest BCUT2D eigenvalue weighted by atomic mass is 35.5. The Morgan fingerprint density at radius 2 is 1.69 bits per heavy atom. The van der Waals surface area contributed by atoms with E-state index in [1.165, 1.54) is 0 Å². The van der Waals surface area contributed by atoms with Crippen molar-refractivity contribution in [2.45, 2.75) is 40.7 Å². The van der Waals surface area contributed by atoms with E-state index in [2.05, 4.69) is 11.9 Å². The number of benzene rings is 2. The first kappa shape index (κ1) is 20.9. The summed E-state index contributed by atoms with van der Waals surface area (Å²) in [4.78, 5) is 31.4. The van der Waals surface area contributed by atoms with Gasteiger partial charge in [0.2, 0.25) is 5.43 Å². The molecule has 3 aromatic rings. The SMILES string of the molecule is CCc1cccc(C)c1N(Cc1ccccc1)C(=O)c1c(C)[nH]c(C)c(Cl)c1=O. The Morgan fingerprint density at radius 1 is 1.00 bits per heavy atom. The Hall–Kier alpha value is -2.85. The van der Waals surface area contributed by atoms with Gasteiger partial charge in [-0.25, -0.2) is 0 Å². The maximum Gasteiger partial charge on any atom is 0.264 e. The summed E-state index contributed by atoms with van der Waals surface area (Å²) < 4.78 is 0. The van der Waals surface area contributed by atoms with Gasteiger partial charge in [-0.05, 0) is 43.9 Å². The number of hydrogen-bond acceptors (Lipinski definition) is 2. The van der Waals surface area contributed by atoms with Crippen molar-refractivity contribution in [1.82, 2.24) is 4.98 Å². The zero-order valence-electron chi connectivity index (χ0n) is 17.2. The molecule has 2 aromatic carbocycles. The molecule has 0 aliphatic heterocycles. The van der Waals surface area contributed by atoms with Crippen LogP contribution in [0.5, 0.6) is 0 Å². The third-order valence-electron chi connectivity index (χ3n) is 5.12. The molecular formula is C24H25ClN2O2. The van der Waals surface area contributed by atoms with E-state index in [0.29, 0.717) is 17.9 Å². The van der Waals surface area contributed by atoms with Crippen molar-refractivity contribution >= 4 is 23.2 Å². The molecule has 1 N–H and O–H groups in total. The van der Waals surface area contributed by atoms with Crippen molar-refractivity contribution in [2.24, 2.45) is 0 Å². The van der Waals surface area contributed by atoms with Gasteiger partial charge in [0.25, 0.3) is 5.91 Å². The van der Waals surface area contributed by atoms with Gasteiger partial charge < -0.3 is 9.88 Å². The first-order chi connectivity index (χ1) is 13.8. The number of aromatic amines is 1. The molecule has 1 heterocycles. The third-order valence-corrected chi connectivity index (χ3v) is 5.58. The van der Waals surface area contributed by atoms with Crippen molar-refractivity contribution in [1.29, 1.82) is 0 Å². The first-order valence-electron chi connectivity index (χ1n) is 9.68. The van der Waals surface area contributed by atoms with Crippen LogP contribution in [0.3, 0.4) is 0 Å². The van der Waals surface area contributed by atoms with Crippen LogP contribution in [0.4, 0.5) is 5.69 Å². The smallest absolute Gasteiger partial charge is 0.264 e. The molecule has 1 amide bonds. The van der Waals surface area contributed by atoms with E-state index >= 15 is 0 Å². The van der Waals surface area contributed by atoms with Crippen LogP contribution in [-0.4, -0.2) is 10.9 Å². The first-order valence-corrected chi connectivity index (χ1v) is 10.1. The Kier molecular flexibility index (Phi) is 6.23. The molecule has 29 heavy (non-hydrogen) atoms. The summed E-state index contributed by atoms with van der Waals surface area (Å²) in [7, 11) is 0. The summed E-state index contributed by atoms with van der Waals surface area (Å²) in [6.07, 6.45) is 0.777. The largest absolute Gasteiger partial charge is 0.361 e. The normalized spacial score (nSPS) is 10.8. The predicted molar refractivity (Wildman–Crippen MR) is 119 cm³/mol. The van der Waals surface area contributed by atoms with Gasteiger partial charge in [-0.2, -0.15) is 0 Å². The number of halogens is 1. The van der Waals surface area contributed by atoms with Gasteiger partial charge in [-0.15, -0.1) is 0 Å². The molecule has 0 spiro atoms. The number of pyridine rings is 1. The number of nitrogens with zero attached hydrogens (tertiary/aromatic N) is 1. The van der Waals surface area contributed by atoms with Crippen LogP contribution < -0.4 is 10.3 Å². The number of aromatic nitrogens is 1. The van der Waals surface area contributed by atoms with Crippen LogP contribution in [0.25, 0.3) is 0 Å². The summed E-state index contributed by atoms with van der Waals surface area (Å²) in [6.45, 7) is 7.87. The van der Waals surface area contributed by atoms with Gasteiger partial charge in [0.1, 0.15) is 10.6 Å². The second kappa shape index (κ2) is 8.66. The Labute approximate surface area is 176 Å². The number of carbonyl (C=O) groups is 1. The Bertz CT molecular complexity index is 1100. The number of carbonyl (C=O) groups excluding carboxylic acids is 1. The standard InChI is InChI=1S/C24H25ClN2O2/c1-5-19-13-9-10-15(2)22(19)27(14-18-11-7-6-8-12-18)24(29)20-16(3)26-17(4)21(25)23(20)28/h6-13H,5,14H2,1-4H3,(H,26,28). The number of anilines is 1. The van der Waals surface area contributed by atoms with Crippen molar-refractivity contribution in [3.05, 3.63) is 97.4 Å². The molecule has 1 aromatic heterocycles. The molecule has 0 saturated heterocycles. The minimum Gasteiger partial charge on any atom is -0.361 e. The fraction of sp³-hybridized carbons (Fsp3) is 0.250. The van der Waals surface area contributed by atoms with Gasteiger partial charge >= 0.3 is 0 Å². The number of amides is 1. The molecule has 0 fully saturated rings. The topological polar surface area (TPSA) is 53.2 Å². The lowest BCUT2D eigenvalue weighted by molar-refractivity contribution is 0.0982.